The Morgan fingerprint density at radius 2 is 1.61 bits per heavy atom. The highest BCUT2D eigenvalue weighted by molar-refractivity contribution is 5.58. The van der Waals surface area contributed by atoms with Gasteiger partial charge in [-0.2, -0.15) is 5.10 Å². The highest BCUT2D eigenvalue weighted by Crippen LogP contribution is 2.16. The van der Waals surface area contributed by atoms with Crippen LogP contribution >= 0.6 is 0 Å². The predicted octanol–water partition coefficient (Wildman–Crippen LogP) is 4.21. The summed E-state index contributed by atoms with van der Waals surface area (Å²) in [6.45, 7) is 11.9. The maximum atomic E-state index is 4.31. The molecule has 1 heterocycles. The molecule has 0 N–H and O–H groups in total. The van der Waals surface area contributed by atoms with Crippen LogP contribution in [0.2, 0.25) is 0 Å². The van der Waals surface area contributed by atoms with E-state index in [9.17, 15) is 0 Å². The summed E-state index contributed by atoms with van der Waals surface area (Å²) in [6.07, 6.45) is 1.68. The van der Waals surface area contributed by atoms with E-state index in [4.69, 9.17) is 0 Å². The number of rotatable bonds is 1. The van der Waals surface area contributed by atoms with Crippen molar-refractivity contribution in [3.05, 3.63) is 41.9 Å². The van der Waals surface area contributed by atoms with E-state index in [0.29, 0.717) is 5.82 Å². The molecule has 2 aromatic rings. The highest BCUT2D eigenvalue weighted by Gasteiger charge is 2.00. The summed E-state index contributed by atoms with van der Waals surface area (Å²) < 4.78 is 0. The minimum atomic E-state index is 0.698. The van der Waals surface area contributed by atoms with Gasteiger partial charge in [-0.25, -0.2) is 4.98 Å². The lowest BCUT2D eigenvalue weighted by Gasteiger charge is -2.01. The molecule has 0 saturated carbocycles. The summed E-state index contributed by atoms with van der Waals surface area (Å²) in [5.41, 5.74) is 3.18. The molecule has 3 nitrogen and oxygen atoms in total. The third-order valence-corrected chi connectivity index (χ3v) is 1.98. The van der Waals surface area contributed by atoms with Gasteiger partial charge in [0.2, 0.25) is 0 Å². The van der Waals surface area contributed by atoms with Gasteiger partial charge >= 0.3 is 0 Å². The molecule has 0 atom stereocenters. The van der Waals surface area contributed by atoms with E-state index in [1.807, 2.05) is 46.8 Å². The Labute approximate surface area is 110 Å². The number of nitrogens with zero attached hydrogens (tertiary/aromatic N) is 3. The first-order valence-electron chi connectivity index (χ1n) is 6.49. The van der Waals surface area contributed by atoms with Gasteiger partial charge in [-0.05, 0) is 19.9 Å². The van der Waals surface area contributed by atoms with Gasteiger partial charge in [0.15, 0.2) is 0 Å². The topological polar surface area (TPSA) is 38.7 Å². The van der Waals surface area contributed by atoms with Crippen molar-refractivity contribution in [2.24, 2.45) is 0 Å². The summed E-state index contributed by atoms with van der Waals surface area (Å²) in [4.78, 5) is 4.31. The molecular weight excluding hydrogens is 222 g/mol. The molecule has 0 aliphatic heterocycles. The van der Waals surface area contributed by atoms with Crippen LogP contribution in [0.25, 0.3) is 11.3 Å². The van der Waals surface area contributed by atoms with Gasteiger partial charge in [0.05, 0.1) is 11.9 Å². The first-order valence-corrected chi connectivity index (χ1v) is 6.49. The van der Waals surface area contributed by atoms with Crippen LogP contribution in [0.3, 0.4) is 0 Å². The van der Waals surface area contributed by atoms with Crippen LogP contribution in [-0.4, -0.2) is 15.2 Å². The molecule has 98 valence electrons. The number of benzene rings is 1. The van der Waals surface area contributed by atoms with Gasteiger partial charge in [-0.3, -0.25) is 0 Å². The summed E-state index contributed by atoms with van der Waals surface area (Å²) in [5.74, 6) is 0.698. The molecule has 18 heavy (non-hydrogen) atoms. The molecule has 1 aromatic carbocycles. The zero-order valence-corrected chi connectivity index (χ0v) is 12.2. The van der Waals surface area contributed by atoms with Crippen molar-refractivity contribution in [3.8, 4) is 11.3 Å². The smallest absolute Gasteiger partial charge is 0.148 e. The molecule has 3 heteroatoms. The molecule has 0 aliphatic carbocycles. The standard InChI is InChI=1S/C11H11N3.2C2H6/c1-8-4-3-5-10(6-8)11-7-12-14-9(2)13-11;2*1-2/h3-7H,1-2H3;2*1-2H3. The molecule has 0 fully saturated rings. The Hall–Kier alpha value is -1.77. The fraction of sp³-hybridized carbons (Fsp3) is 0.400. The molecule has 0 spiro atoms. The lowest BCUT2D eigenvalue weighted by Crippen LogP contribution is -1.93. The third kappa shape index (κ3) is 5.04. The summed E-state index contributed by atoms with van der Waals surface area (Å²) in [7, 11) is 0. The molecule has 1 aromatic heterocycles. The van der Waals surface area contributed by atoms with Crippen LogP contribution < -0.4 is 0 Å². The maximum absolute atomic E-state index is 4.31. The van der Waals surface area contributed by atoms with Crippen LogP contribution in [0, 0.1) is 13.8 Å². The normalized spacial score (nSPS) is 8.56. The van der Waals surface area contributed by atoms with E-state index in [1.165, 1.54) is 5.56 Å². The molecule has 2 rings (SSSR count). The molecular formula is C15H23N3. The Morgan fingerprint density at radius 1 is 0.944 bits per heavy atom. The van der Waals surface area contributed by atoms with Crippen LogP contribution in [0.1, 0.15) is 39.1 Å². The Bertz CT molecular complexity index is 409. The minimum Gasteiger partial charge on any atom is -0.230 e. The van der Waals surface area contributed by atoms with Crippen molar-refractivity contribution >= 4 is 0 Å². The average Bonchev–Trinajstić information content (AvgIpc) is 2.43. The van der Waals surface area contributed by atoms with Crippen LogP contribution in [0.15, 0.2) is 30.5 Å². The van der Waals surface area contributed by atoms with E-state index < -0.39 is 0 Å². The summed E-state index contributed by atoms with van der Waals surface area (Å²) >= 11 is 0. The molecule has 0 bridgehead atoms. The highest BCUT2D eigenvalue weighted by atomic mass is 15.1. The lowest BCUT2D eigenvalue weighted by atomic mass is 10.1. The molecule has 0 amide bonds. The fourth-order valence-corrected chi connectivity index (χ4v) is 1.34. The predicted molar refractivity (Wildman–Crippen MR) is 77.4 cm³/mol. The van der Waals surface area contributed by atoms with Crippen LogP contribution in [-0.2, 0) is 0 Å². The fourth-order valence-electron chi connectivity index (χ4n) is 1.34. The van der Waals surface area contributed by atoms with Gasteiger partial charge in [-0.15, -0.1) is 5.10 Å². The van der Waals surface area contributed by atoms with Crippen molar-refractivity contribution in [1.29, 1.82) is 0 Å². The second-order valence-corrected chi connectivity index (χ2v) is 3.26. The summed E-state index contributed by atoms with van der Waals surface area (Å²) in [5, 5.41) is 7.70. The van der Waals surface area contributed by atoms with Gasteiger partial charge in [0, 0.05) is 5.56 Å². The van der Waals surface area contributed by atoms with Crippen molar-refractivity contribution in [3.63, 3.8) is 0 Å². The van der Waals surface area contributed by atoms with Crippen molar-refractivity contribution in [2.75, 3.05) is 0 Å². The zero-order chi connectivity index (χ0) is 14.0. The Morgan fingerprint density at radius 3 is 2.17 bits per heavy atom. The lowest BCUT2D eigenvalue weighted by molar-refractivity contribution is 0.912. The zero-order valence-electron chi connectivity index (χ0n) is 12.2. The molecule has 0 radical (unpaired) electrons. The number of hydrogen-bond acceptors (Lipinski definition) is 3. The first kappa shape index (κ1) is 16.2. The second kappa shape index (κ2) is 9.28. The minimum absolute atomic E-state index is 0.698. The largest absolute Gasteiger partial charge is 0.230 e. The van der Waals surface area contributed by atoms with Crippen LogP contribution in [0.4, 0.5) is 0 Å². The van der Waals surface area contributed by atoms with E-state index in [2.05, 4.69) is 34.2 Å². The SMILES string of the molecule is CC.CC.Cc1cccc(-c2cnnc(C)n2)c1. The monoisotopic (exact) mass is 245 g/mol. The van der Waals surface area contributed by atoms with Crippen molar-refractivity contribution in [1.82, 2.24) is 15.2 Å². The van der Waals surface area contributed by atoms with E-state index in [1.54, 1.807) is 6.20 Å². The Kier molecular flexibility index (Phi) is 8.37. The average molecular weight is 245 g/mol. The van der Waals surface area contributed by atoms with Gasteiger partial charge < -0.3 is 0 Å². The van der Waals surface area contributed by atoms with Gasteiger partial charge in [0.25, 0.3) is 0 Å². The van der Waals surface area contributed by atoms with E-state index in [-0.39, 0.29) is 0 Å². The number of aromatic nitrogens is 3. The third-order valence-electron chi connectivity index (χ3n) is 1.98. The summed E-state index contributed by atoms with van der Waals surface area (Å²) in [6, 6.07) is 8.19. The maximum Gasteiger partial charge on any atom is 0.148 e. The van der Waals surface area contributed by atoms with Gasteiger partial charge in [0.1, 0.15) is 5.82 Å². The van der Waals surface area contributed by atoms with Crippen molar-refractivity contribution < 1.29 is 0 Å². The van der Waals surface area contributed by atoms with E-state index in [0.717, 1.165) is 11.3 Å². The van der Waals surface area contributed by atoms with E-state index >= 15 is 0 Å². The van der Waals surface area contributed by atoms with Crippen molar-refractivity contribution in [2.45, 2.75) is 41.5 Å². The number of hydrogen-bond donors (Lipinski definition) is 0. The quantitative estimate of drug-likeness (QED) is 0.755. The number of aryl methyl sites for hydroxylation is 2. The Balaban J connectivity index is 0.000000659. The van der Waals surface area contributed by atoms with Gasteiger partial charge in [-0.1, -0.05) is 51.5 Å². The second-order valence-electron chi connectivity index (χ2n) is 3.26. The van der Waals surface area contributed by atoms with Crippen LogP contribution in [0.5, 0.6) is 0 Å². The first-order chi connectivity index (χ1) is 8.75. The molecule has 0 saturated heterocycles. The molecule has 0 unspecified atom stereocenters. The molecule has 0 aliphatic rings.